The van der Waals surface area contributed by atoms with Crippen LogP contribution in [0.3, 0.4) is 0 Å². The maximum absolute atomic E-state index is 10.5. The Balaban J connectivity index is 0.000000300. The molecule has 0 spiro atoms. The summed E-state index contributed by atoms with van der Waals surface area (Å²) in [6, 6.07) is 33.1. The average molecular weight is 658 g/mol. The van der Waals surface area contributed by atoms with Crippen LogP contribution in [-0.4, -0.2) is 32.1 Å². The maximum atomic E-state index is 10.5. The molecule has 1 N–H and O–H groups in total. The number of hydrogen-bond donors (Lipinski definition) is 1. The molecule has 0 atom stereocenters. The van der Waals surface area contributed by atoms with Gasteiger partial charge in [0, 0.05) is 35.3 Å². The van der Waals surface area contributed by atoms with E-state index >= 15 is 0 Å². The van der Waals surface area contributed by atoms with Crippen molar-refractivity contribution < 1.29 is 13.0 Å². The van der Waals surface area contributed by atoms with Gasteiger partial charge >= 0.3 is 0 Å². The molecule has 0 radical (unpaired) electrons. The summed E-state index contributed by atoms with van der Waals surface area (Å²) in [5.41, 5.74) is 8.29. The molecule has 0 amide bonds. The molecule has 3 aromatic heterocycles. The summed E-state index contributed by atoms with van der Waals surface area (Å²) in [6.07, 6.45) is 3.80. The zero-order valence-corrected chi connectivity index (χ0v) is 27.8. The van der Waals surface area contributed by atoms with Crippen LogP contribution in [0, 0.1) is 23.0 Å². The van der Waals surface area contributed by atoms with Crippen LogP contribution in [0.15, 0.2) is 114 Å². The number of rotatable bonds is 4. The van der Waals surface area contributed by atoms with Crippen LogP contribution in [-0.2, 0) is 22.6 Å². The van der Waals surface area contributed by atoms with E-state index in [0.29, 0.717) is 4.77 Å². The molecule has 0 saturated carbocycles. The number of para-hydroxylation sites is 1. The number of aryl methyl sites for hydroxylation is 2. The summed E-state index contributed by atoms with van der Waals surface area (Å²) in [7, 11) is -2.05. The number of pyridine rings is 2. The Bertz CT molecular complexity index is 2510. The van der Waals surface area contributed by atoms with Gasteiger partial charge in [-0.05, 0) is 92.6 Å². The van der Waals surface area contributed by atoms with Crippen molar-refractivity contribution in [2.75, 3.05) is 0 Å². The molecule has 0 fully saturated rings. The van der Waals surface area contributed by atoms with E-state index in [9.17, 15) is 13.7 Å². The van der Waals surface area contributed by atoms with Crippen molar-refractivity contribution in [1.29, 1.82) is 5.26 Å². The Hall–Kier alpha value is -5.21. The van der Waals surface area contributed by atoms with Gasteiger partial charge in [0.15, 0.2) is 4.77 Å². The molecule has 7 aromatic rings. The van der Waals surface area contributed by atoms with Crippen molar-refractivity contribution in [3.63, 3.8) is 0 Å². The van der Waals surface area contributed by atoms with Gasteiger partial charge in [0.1, 0.15) is 0 Å². The van der Waals surface area contributed by atoms with E-state index in [2.05, 4.69) is 46.0 Å². The second kappa shape index (κ2) is 12.2. The number of nitrogens with zero attached hydrogens (tertiary/aromatic N) is 5. The van der Waals surface area contributed by atoms with Crippen LogP contribution in [0.1, 0.15) is 25.0 Å². The second-order valence-electron chi connectivity index (χ2n) is 11.9. The van der Waals surface area contributed by atoms with Gasteiger partial charge in [-0.3, -0.25) is 19.1 Å². The molecule has 7 rings (SSSR count). The molecule has 0 aliphatic carbocycles. The number of benzene rings is 4. The van der Waals surface area contributed by atoms with E-state index in [1.54, 1.807) is 12.1 Å². The number of fused-ring (bicyclic) bond motifs is 4. The van der Waals surface area contributed by atoms with Crippen molar-refractivity contribution in [1.82, 2.24) is 19.1 Å². The third-order valence-electron chi connectivity index (χ3n) is 8.25. The zero-order valence-electron chi connectivity index (χ0n) is 26.2. The standard InChI is InChI=1S/C30H23N5S.C7H8O3S/c1-30(2,18-31)22-9-11-23(12-10-22)35-28-24-15-19(21-14-20-6-4-5-7-25(20)32-16-21)8-13-26(24)33-17-27(28)34(3)29(35)36;1-6-2-4-7(5-3-6)11(8,9)10/h4-17H,1-3H3;2-5H,1H3,(H,8,9,10). The minimum atomic E-state index is -4.02. The molecule has 47 heavy (non-hydrogen) atoms. The van der Waals surface area contributed by atoms with E-state index in [1.165, 1.54) is 12.1 Å². The van der Waals surface area contributed by atoms with Crippen LogP contribution in [0.2, 0.25) is 0 Å². The van der Waals surface area contributed by atoms with Gasteiger partial charge in [0.25, 0.3) is 10.1 Å². The van der Waals surface area contributed by atoms with Crippen LogP contribution < -0.4 is 0 Å². The highest BCUT2D eigenvalue weighted by molar-refractivity contribution is 7.85. The van der Waals surface area contributed by atoms with Crippen LogP contribution in [0.25, 0.3) is 49.7 Å². The smallest absolute Gasteiger partial charge is 0.294 e. The van der Waals surface area contributed by atoms with Crippen LogP contribution in [0.4, 0.5) is 0 Å². The Labute approximate surface area is 278 Å². The summed E-state index contributed by atoms with van der Waals surface area (Å²) in [5, 5.41) is 11.7. The van der Waals surface area contributed by atoms with Gasteiger partial charge in [0.05, 0.1) is 44.6 Å². The molecule has 234 valence electrons. The molecule has 8 nitrogen and oxygen atoms in total. The lowest BCUT2D eigenvalue weighted by atomic mass is 9.86. The van der Waals surface area contributed by atoms with E-state index < -0.39 is 15.5 Å². The Kier molecular flexibility index (Phi) is 8.24. The van der Waals surface area contributed by atoms with Gasteiger partial charge in [-0.2, -0.15) is 13.7 Å². The van der Waals surface area contributed by atoms with Gasteiger partial charge < -0.3 is 4.57 Å². The van der Waals surface area contributed by atoms with Gasteiger partial charge in [0.2, 0.25) is 0 Å². The van der Waals surface area contributed by atoms with Crippen molar-refractivity contribution in [2.24, 2.45) is 7.05 Å². The number of imidazole rings is 1. The van der Waals surface area contributed by atoms with Crippen molar-refractivity contribution in [2.45, 2.75) is 31.1 Å². The Morgan fingerprint density at radius 1 is 0.851 bits per heavy atom. The molecule has 0 unspecified atom stereocenters. The third-order valence-corrected chi connectivity index (χ3v) is 9.58. The lowest BCUT2D eigenvalue weighted by Gasteiger charge is -2.16. The average Bonchev–Trinajstić information content (AvgIpc) is 3.33. The van der Waals surface area contributed by atoms with E-state index in [1.807, 2.05) is 87.2 Å². The summed E-state index contributed by atoms with van der Waals surface area (Å²) >= 11 is 5.88. The first-order valence-corrected chi connectivity index (χ1v) is 16.6. The van der Waals surface area contributed by atoms with Crippen LogP contribution >= 0.6 is 12.2 Å². The largest absolute Gasteiger partial charge is 0.318 e. The first-order chi connectivity index (χ1) is 22.4. The predicted molar refractivity (Wildman–Crippen MR) is 189 cm³/mol. The van der Waals surface area contributed by atoms with Crippen molar-refractivity contribution in [3.8, 4) is 22.9 Å². The highest BCUT2D eigenvalue weighted by atomic mass is 32.2. The summed E-state index contributed by atoms with van der Waals surface area (Å²) in [6.45, 7) is 5.69. The Morgan fingerprint density at radius 2 is 1.53 bits per heavy atom. The fourth-order valence-corrected chi connectivity index (χ4v) is 6.22. The second-order valence-corrected chi connectivity index (χ2v) is 13.7. The quantitative estimate of drug-likeness (QED) is 0.149. The summed E-state index contributed by atoms with van der Waals surface area (Å²) in [5.74, 6) is 0. The lowest BCUT2D eigenvalue weighted by Crippen LogP contribution is -2.13. The highest BCUT2D eigenvalue weighted by Crippen LogP contribution is 2.33. The number of hydrogen-bond acceptors (Lipinski definition) is 6. The molecule has 3 heterocycles. The number of aromatic nitrogens is 4. The van der Waals surface area contributed by atoms with Gasteiger partial charge in [-0.15, -0.1) is 0 Å². The third kappa shape index (κ3) is 6.16. The van der Waals surface area contributed by atoms with E-state index in [0.717, 1.165) is 60.8 Å². The minimum absolute atomic E-state index is 0.0666. The molecule has 0 bridgehead atoms. The molecule has 0 saturated heterocycles. The lowest BCUT2D eigenvalue weighted by molar-refractivity contribution is 0.483. The van der Waals surface area contributed by atoms with Crippen LogP contribution in [0.5, 0.6) is 0 Å². The molecule has 0 aliphatic heterocycles. The predicted octanol–water partition coefficient (Wildman–Crippen LogP) is 8.50. The minimum Gasteiger partial charge on any atom is -0.318 e. The fraction of sp³-hybridized carbons (Fsp3) is 0.135. The molecular formula is C37H31N5O3S2. The first-order valence-electron chi connectivity index (χ1n) is 14.8. The summed E-state index contributed by atoms with van der Waals surface area (Å²) in [4.78, 5) is 9.32. The Morgan fingerprint density at radius 3 is 2.21 bits per heavy atom. The van der Waals surface area contributed by atoms with Crippen molar-refractivity contribution >= 4 is 55.2 Å². The van der Waals surface area contributed by atoms with Gasteiger partial charge in [-0.25, -0.2) is 0 Å². The normalized spacial score (nSPS) is 11.7. The number of nitriles is 1. The topological polar surface area (TPSA) is 114 Å². The molecule has 4 aromatic carbocycles. The first kappa shape index (κ1) is 31.8. The van der Waals surface area contributed by atoms with E-state index in [-0.39, 0.29) is 4.90 Å². The van der Waals surface area contributed by atoms with Gasteiger partial charge in [-0.1, -0.05) is 54.1 Å². The highest BCUT2D eigenvalue weighted by Gasteiger charge is 2.20. The SMILES string of the molecule is Cc1ccc(S(=O)(=O)O)cc1.Cn1c(=S)n(-c2ccc(C(C)(C)C#N)cc2)c2c3cc(-c4cnc5ccccc5c4)ccc3ncc21. The van der Waals surface area contributed by atoms with E-state index in [4.69, 9.17) is 21.8 Å². The monoisotopic (exact) mass is 657 g/mol. The summed E-state index contributed by atoms with van der Waals surface area (Å²) < 4.78 is 34.3. The maximum Gasteiger partial charge on any atom is 0.294 e. The molecular weight excluding hydrogens is 627 g/mol. The molecule has 0 aliphatic rings. The molecule has 10 heteroatoms. The fourth-order valence-electron chi connectivity index (χ4n) is 5.45. The zero-order chi connectivity index (χ0) is 33.5. The van der Waals surface area contributed by atoms with Crippen molar-refractivity contribution in [3.05, 3.63) is 125 Å².